The molecule has 1 atom stereocenters. The zero-order valence-electron chi connectivity index (χ0n) is 17.3. The average Bonchev–Trinajstić information content (AvgIpc) is 2.82. The molecule has 6 nitrogen and oxygen atoms in total. The Labute approximate surface area is 181 Å². The quantitative estimate of drug-likeness (QED) is 0.383. The summed E-state index contributed by atoms with van der Waals surface area (Å²) in [7, 11) is 0. The fourth-order valence-electron chi connectivity index (χ4n) is 3.60. The number of benzene rings is 1. The van der Waals surface area contributed by atoms with Gasteiger partial charge in [0.2, 0.25) is 5.56 Å². The highest BCUT2D eigenvalue weighted by molar-refractivity contribution is 5.79. The molecule has 31 heavy (non-hydrogen) atoms. The van der Waals surface area contributed by atoms with Crippen LogP contribution >= 0.6 is 0 Å². The van der Waals surface area contributed by atoms with Crippen molar-refractivity contribution in [2.75, 3.05) is 13.2 Å². The molecule has 6 heteroatoms. The standard InChI is InChI=1S/C25H26N4O2/c30-25-9-5-21-17-22(6-8-24(21)29-25)31-16-2-13-28-23(20-10-14-26-15-11-20)7-4-19-3-1-12-27-18-19/h1,3,5-6,8-12,14-15,17-18,23,28H,2,4,7,13,16H2,(H,29,30). The summed E-state index contributed by atoms with van der Waals surface area (Å²) < 4.78 is 5.91. The van der Waals surface area contributed by atoms with E-state index >= 15 is 0 Å². The number of hydrogen-bond acceptors (Lipinski definition) is 5. The van der Waals surface area contributed by atoms with Crippen LogP contribution in [-0.4, -0.2) is 28.1 Å². The molecule has 4 rings (SSSR count). The molecule has 0 bridgehead atoms. The first-order valence-corrected chi connectivity index (χ1v) is 10.6. The number of aryl methyl sites for hydroxylation is 1. The van der Waals surface area contributed by atoms with Crippen molar-refractivity contribution in [1.82, 2.24) is 20.3 Å². The Morgan fingerprint density at radius 1 is 1.00 bits per heavy atom. The molecule has 4 aromatic rings. The van der Waals surface area contributed by atoms with Gasteiger partial charge in [-0.2, -0.15) is 0 Å². The van der Waals surface area contributed by atoms with Crippen molar-refractivity contribution in [2.24, 2.45) is 0 Å². The lowest BCUT2D eigenvalue weighted by Gasteiger charge is -2.19. The maximum atomic E-state index is 11.4. The van der Waals surface area contributed by atoms with Gasteiger partial charge in [0.25, 0.3) is 0 Å². The van der Waals surface area contributed by atoms with E-state index in [2.05, 4.69) is 38.5 Å². The predicted molar refractivity (Wildman–Crippen MR) is 122 cm³/mol. The van der Waals surface area contributed by atoms with Crippen molar-refractivity contribution in [2.45, 2.75) is 25.3 Å². The molecule has 0 aliphatic heterocycles. The normalized spacial score (nSPS) is 12.0. The fraction of sp³-hybridized carbons (Fsp3) is 0.240. The van der Waals surface area contributed by atoms with Gasteiger partial charge in [0.05, 0.1) is 6.61 Å². The minimum absolute atomic E-state index is 0.0977. The van der Waals surface area contributed by atoms with E-state index in [0.29, 0.717) is 6.61 Å². The number of aromatic nitrogens is 3. The fourth-order valence-corrected chi connectivity index (χ4v) is 3.60. The Hall–Kier alpha value is -3.51. The molecule has 1 unspecified atom stereocenters. The van der Waals surface area contributed by atoms with Crippen LogP contribution in [0.1, 0.15) is 30.0 Å². The second kappa shape index (κ2) is 10.5. The smallest absolute Gasteiger partial charge is 0.248 e. The number of aromatic amines is 1. The second-order valence-electron chi connectivity index (χ2n) is 7.46. The molecule has 0 saturated heterocycles. The molecule has 3 heterocycles. The molecule has 0 saturated carbocycles. The molecule has 0 aliphatic rings. The molecule has 0 radical (unpaired) electrons. The lowest BCUT2D eigenvalue weighted by atomic mass is 10.0. The van der Waals surface area contributed by atoms with Gasteiger partial charge in [-0.25, -0.2) is 0 Å². The van der Waals surface area contributed by atoms with Crippen LogP contribution in [-0.2, 0) is 6.42 Å². The summed E-state index contributed by atoms with van der Waals surface area (Å²) in [6.45, 7) is 1.47. The molecule has 0 fully saturated rings. The van der Waals surface area contributed by atoms with Gasteiger partial charge in [0, 0.05) is 47.8 Å². The van der Waals surface area contributed by atoms with E-state index in [-0.39, 0.29) is 11.6 Å². The van der Waals surface area contributed by atoms with E-state index in [1.165, 1.54) is 17.2 Å². The zero-order chi connectivity index (χ0) is 21.3. The second-order valence-corrected chi connectivity index (χ2v) is 7.46. The number of ether oxygens (including phenoxy) is 1. The van der Waals surface area contributed by atoms with Crippen molar-refractivity contribution in [1.29, 1.82) is 0 Å². The van der Waals surface area contributed by atoms with Crippen LogP contribution in [0.4, 0.5) is 0 Å². The Bertz CT molecular complexity index is 1150. The van der Waals surface area contributed by atoms with Crippen LogP contribution < -0.4 is 15.6 Å². The Morgan fingerprint density at radius 2 is 1.90 bits per heavy atom. The van der Waals surface area contributed by atoms with E-state index in [1.54, 1.807) is 6.20 Å². The molecule has 0 aliphatic carbocycles. The molecule has 0 spiro atoms. The van der Waals surface area contributed by atoms with Crippen LogP contribution in [0.15, 0.2) is 84.2 Å². The van der Waals surface area contributed by atoms with Gasteiger partial charge in [-0.3, -0.25) is 14.8 Å². The number of rotatable bonds is 10. The van der Waals surface area contributed by atoms with E-state index < -0.39 is 0 Å². The molecule has 158 valence electrons. The summed E-state index contributed by atoms with van der Waals surface area (Å²) >= 11 is 0. The summed E-state index contributed by atoms with van der Waals surface area (Å²) in [4.78, 5) is 22.6. The maximum Gasteiger partial charge on any atom is 0.248 e. The lowest BCUT2D eigenvalue weighted by molar-refractivity contribution is 0.304. The Balaban J connectivity index is 1.28. The topological polar surface area (TPSA) is 79.9 Å². The Kier molecular flexibility index (Phi) is 7.03. The summed E-state index contributed by atoms with van der Waals surface area (Å²) in [5, 5.41) is 4.62. The molecule has 0 amide bonds. The number of H-pyrrole nitrogens is 1. The first-order chi connectivity index (χ1) is 15.3. The van der Waals surface area contributed by atoms with Crippen LogP contribution in [0, 0.1) is 0 Å². The number of fused-ring (bicyclic) bond motifs is 1. The summed E-state index contributed by atoms with van der Waals surface area (Å²) in [6.07, 6.45) is 10.2. The molecule has 2 N–H and O–H groups in total. The molecular formula is C25H26N4O2. The van der Waals surface area contributed by atoms with Crippen LogP contribution in [0.2, 0.25) is 0 Å². The van der Waals surface area contributed by atoms with Crippen molar-refractivity contribution < 1.29 is 4.74 Å². The third kappa shape index (κ3) is 5.99. The van der Waals surface area contributed by atoms with Crippen LogP contribution in [0.3, 0.4) is 0 Å². The van der Waals surface area contributed by atoms with Crippen LogP contribution in [0.5, 0.6) is 5.75 Å². The van der Waals surface area contributed by atoms with Crippen molar-refractivity contribution in [3.8, 4) is 5.75 Å². The molecule has 3 aromatic heterocycles. The van der Waals surface area contributed by atoms with Gasteiger partial charge >= 0.3 is 0 Å². The maximum absolute atomic E-state index is 11.4. The highest BCUT2D eigenvalue weighted by Gasteiger charge is 2.11. The van der Waals surface area contributed by atoms with E-state index in [9.17, 15) is 4.79 Å². The monoisotopic (exact) mass is 414 g/mol. The predicted octanol–water partition coefficient (Wildman–Crippen LogP) is 4.05. The third-order valence-corrected chi connectivity index (χ3v) is 5.23. The number of pyridine rings is 3. The third-order valence-electron chi connectivity index (χ3n) is 5.23. The average molecular weight is 415 g/mol. The lowest BCUT2D eigenvalue weighted by Crippen LogP contribution is -2.24. The first-order valence-electron chi connectivity index (χ1n) is 10.6. The van der Waals surface area contributed by atoms with Gasteiger partial charge < -0.3 is 15.0 Å². The van der Waals surface area contributed by atoms with Crippen LogP contribution in [0.25, 0.3) is 10.9 Å². The summed E-state index contributed by atoms with van der Waals surface area (Å²) in [5.41, 5.74) is 3.20. The van der Waals surface area contributed by atoms with Gasteiger partial charge in [-0.1, -0.05) is 6.07 Å². The highest BCUT2D eigenvalue weighted by atomic mass is 16.5. The first kappa shape index (κ1) is 20.8. The highest BCUT2D eigenvalue weighted by Crippen LogP contribution is 2.20. The molecular weight excluding hydrogens is 388 g/mol. The van der Waals surface area contributed by atoms with Crippen molar-refractivity contribution in [3.05, 3.63) is 101 Å². The Morgan fingerprint density at radius 3 is 2.74 bits per heavy atom. The van der Waals surface area contributed by atoms with Gasteiger partial charge in [-0.05, 0) is 79.4 Å². The summed E-state index contributed by atoms with van der Waals surface area (Å²) in [6, 6.07) is 17.5. The number of nitrogens with zero attached hydrogens (tertiary/aromatic N) is 2. The van der Waals surface area contributed by atoms with Crippen molar-refractivity contribution >= 4 is 10.9 Å². The molecule has 1 aromatic carbocycles. The van der Waals surface area contributed by atoms with Gasteiger partial charge in [0.15, 0.2) is 0 Å². The minimum atomic E-state index is -0.0977. The van der Waals surface area contributed by atoms with E-state index in [4.69, 9.17) is 4.74 Å². The van der Waals surface area contributed by atoms with Gasteiger partial charge in [0.1, 0.15) is 5.75 Å². The van der Waals surface area contributed by atoms with Gasteiger partial charge in [-0.15, -0.1) is 0 Å². The SMILES string of the molecule is O=c1ccc2cc(OCCCNC(CCc3cccnc3)c3ccncc3)ccc2[nH]1. The number of nitrogens with one attached hydrogen (secondary N) is 2. The largest absolute Gasteiger partial charge is 0.494 e. The zero-order valence-corrected chi connectivity index (χ0v) is 17.3. The minimum Gasteiger partial charge on any atom is -0.494 e. The van der Waals surface area contributed by atoms with E-state index in [1.807, 2.05) is 48.9 Å². The summed E-state index contributed by atoms with van der Waals surface area (Å²) in [5.74, 6) is 0.807. The number of hydrogen-bond donors (Lipinski definition) is 2. The van der Waals surface area contributed by atoms with E-state index in [0.717, 1.165) is 42.5 Å². The van der Waals surface area contributed by atoms with Crippen molar-refractivity contribution in [3.63, 3.8) is 0 Å².